The van der Waals surface area contributed by atoms with Gasteiger partial charge in [0.1, 0.15) is 11.6 Å². The van der Waals surface area contributed by atoms with Gasteiger partial charge in [0, 0.05) is 19.1 Å². The number of nitrogens with two attached hydrogens (primary N) is 1. The molecule has 0 radical (unpaired) electrons. The van der Waals surface area contributed by atoms with E-state index in [4.69, 9.17) is 10.5 Å². The molecule has 1 aliphatic rings. The molecule has 0 unspecified atom stereocenters. The van der Waals surface area contributed by atoms with Gasteiger partial charge in [0.2, 0.25) is 0 Å². The Hall–Kier alpha value is -2.11. The third-order valence-electron chi connectivity index (χ3n) is 4.45. The number of methoxy groups -OCH3 is 1. The lowest BCUT2D eigenvalue weighted by Gasteiger charge is -2.30. The number of benzene rings is 2. The molecule has 2 aromatic carbocycles. The minimum Gasteiger partial charge on any atom is -0.497 e. The number of hydrogen-bond acceptors (Lipinski definition) is 3. The van der Waals surface area contributed by atoms with Crippen molar-refractivity contribution < 1.29 is 13.9 Å². The van der Waals surface area contributed by atoms with Crippen LogP contribution in [0.5, 0.6) is 5.75 Å². The van der Waals surface area contributed by atoms with E-state index < -0.39 is 5.82 Å². The van der Waals surface area contributed by atoms with Crippen molar-refractivity contribution in [1.29, 1.82) is 0 Å². The van der Waals surface area contributed by atoms with Crippen LogP contribution in [0, 0.1) is 5.82 Å². The van der Waals surface area contributed by atoms with Gasteiger partial charge >= 0.3 is 0 Å². The normalized spacial score (nSPS) is 14.8. The third kappa shape index (κ3) is 4.30. The van der Waals surface area contributed by atoms with Crippen LogP contribution in [0.2, 0.25) is 0 Å². The van der Waals surface area contributed by atoms with E-state index in [-0.39, 0.29) is 29.9 Å². The maximum atomic E-state index is 14.5. The molecule has 0 bridgehead atoms. The molecular formula is C19H22ClFN2O2. The molecule has 0 atom stereocenters. The summed E-state index contributed by atoms with van der Waals surface area (Å²) in [6, 6.07) is 12.2. The van der Waals surface area contributed by atoms with Gasteiger partial charge in [0.15, 0.2) is 0 Å². The molecule has 4 nitrogen and oxygen atoms in total. The van der Waals surface area contributed by atoms with Gasteiger partial charge in [-0.25, -0.2) is 4.39 Å². The van der Waals surface area contributed by atoms with Gasteiger partial charge in [-0.3, -0.25) is 4.79 Å². The second-order valence-corrected chi connectivity index (χ2v) is 6.05. The van der Waals surface area contributed by atoms with E-state index in [0.717, 1.165) is 29.7 Å². The summed E-state index contributed by atoms with van der Waals surface area (Å²) < 4.78 is 19.6. The van der Waals surface area contributed by atoms with Crippen LogP contribution in [-0.4, -0.2) is 37.0 Å². The molecule has 6 heteroatoms. The van der Waals surface area contributed by atoms with Crippen LogP contribution < -0.4 is 10.5 Å². The van der Waals surface area contributed by atoms with Gasteiger partial charge in [-0.05, 0) is 48.2 Å². The molecule has 1 heterocycles. The fraction of sp³-hybridized carbons (Fsp3) is 0.316. The zero-order chi connectivity index (χ0) is 17.1. The number of rotatable bonds is 3. The Morgan fingerprint density at radius 2 is 1.72 bits per heavy atom. The van der Waals surface area contributed by atoms with Crippen LogP contribution in [0.3, 0.4) is 0 Å². The van der Waals surface area contributed by atoms with Gasteiger partial charge in [0.05, 0.1) is 12.7 Å². The zero-order valence-corrected chi connectivity index (χ0v) is 14.9. The average molecular weight is 365 g/mol. The van der Waals surface area contributed by atoms with E-state index >= 15 is 0 Å². The third-order valence-corrected chi connectivity index (χ3v) is 4.45. The summed E-state index contributed by atoms with van der Waals surface area (Å²) in [5.41, 5.74) is 7.57. The standard InChI is InChI=1S/C19H21FN2O2.ClH/c1-24-16-5-2-13(3-6-16)14-4-7-17(18(20)12-14)19(23)22-10-8-15(21)9-11-22;/h2-7,12,15H,8-11,21H2,1H3;1H. The number of amides is 1. The molecule has 0 spiro atoms. The van der Waals surface area contributed by atoms with E-state index in [2.05, 4.69) is 0 Å². The van der Waals surface area contributed by atoms with Crippen LogP contribution in [0.1, 0.15) is 23.2 Å². The number of hydrogen-bond donors (Lipinski definition) is 1. The average Bonchev–Trinajstić information content (AvgIpc) is 2.62. The van der Waals surface area contributed by atoms with Crippen LogP contribution in [0.15, 0.2) is 42.5 Å². The fourth-order valence-corrected chi connectivity index (χ4v) is 2.92. The van der Waals surface area contributed by atoms with Crippen LogP contribution >= 0.6 is 12.4 Å². The Morgan fingerprint density at radius 3 is 2.28 bits per heavy atom. The van der Waals surface area contributed by atoms with Crippen molar-refractivity contribution in [2.24, 2.45) is 5.73 Å². The molecule has 1 fully saturated rings. The van der Waals surface area contributed by atoms with Crippen LogP contribution in [0.4, 0.5) is 4.39 Å². The number of carbonyl (C=O) groups excluding carboxylic acids is 1. The quantitative estimate of drug-likeness (QED) is 0.907. The molecule has 2 aromatic rings. The summed E-state index contributed by atoms with van der Waals surface area (Å²) in [6.45, 7) is 1.17. The monoisotopic (exact) mass is 364 g/mol. The molecule has 25 heavy (non-hydrogen) atoms. The summed E-state index contributed by atoms with van der Waals surface area (Å²) in [7, 11) is 1.60. The van der Waals surface area contributed by atoms with Crippen LogP contribution in [0.25, 0.3) is 11.1 Å². The summed E-state index contributed by atoms with van der Waals surface area (Å²) in [5.74, 6) is -0.0156. The highest BCUT2D eigenvalue weighted by Crippen LogP contribution is 2.25. The van der Waals surface area contributed by atoms with E-state index in [9.17, 15) is 9.18 Å². The fourth-order valence-electron chi connectivity index (χ4n) is 2.92. The summed E-state index contributed by atoms with van der Waals surface area (Å²) >= 11 is 0. The minimum absolute atomic E-state index is 0. The van der Waals surface area contributed by atoms with E-state index in [1.165, 1.54) is 6.07 Å². The highest BCUT2D eigenvalue weighted by molar-refractivity contribution is 5.95. The van der Waals surface area contributed by atoms with Crippen molar-refractivity contribution in [1.82, 2.24) is 4.90 Å². The summed E-state index contributed by atoms with van der Waals surface area (Å²) in [5, 5.41) is 0. The highest BCUT2D eigenvalue weighted by atomic mass is 35.5. The van der Waals surface area contributed by atoms with Crippen molar-refractivity contribution in [2.45, 2.75) is 18.9 Å². The Kier molecular flexibility index (Phi) is 6.39. The predicted molar refractivity (Wildman–Crippen MR) is 98.7 cm³/mol. The maximum absolute atomic E-state index is 14.5. The van der Waals surface area contributed by atoms with Crippen molar-refractivity contribution in [3.63, 3.8) is 0 Å². The molecule has 1 amide bonds. The second-order valence-electron chi connectivity index (χ2n) is 6.05. The molecule has 0 aliphatic carbocycles. The number of likely N-dealkylation sites (tertiary alicyclic amines) is 1. The predicted octanol–water partition coefficient (Wildman–Crippen LogP) is 3.49. The lowest BCUT2D eigenvalue weighted by atomic mass is 10.0. The smallest absolute Gasteiger partial charge is 0.256 e. The summed E-state index contributed by atoms with van der Waals surface area (Å²) in [4.78, 5) is 14.2. The molecule has 1 aliphatic heterocycles. The number of halogens is 2. The van der Waals surface area contributed by atoms with Crippen molar-refractivity contribution >= 4 is 18.3 Å². The van der Waals surface area contributed by atoms with Crippen molar-refractivity contribution in [2.75, 3.05) is 20.2 Å². The first-order chi connectivity index (χ1) is 11.6. The van der Waals surface area contributed by atoms with Gasteiger partial charge < -0.3 is 15.4 Å². The van der Waals surface area contributed by atoms with Gasteiger partial charge in [-0.1, -0.05) is 18.2 Å². The Balaban J connectivity index is 0.00000225. The molecular weight excluding hydrogens is 343 g/mol. The first-order valence-electron chi connectivity index (χ1n) is 8.07. The Bertz CT molecular complexity index is 729. The van der Waals surface area contributed by atoms with Gasteiger partial charge in [-0.2, -0.15) is 0 Å². The number of carbonyl (C=O) groups is 1. The molecule has 0 saturated carbocycles. The lowest BCUT2D eigenvalue weighted by molar-refractivity contribution is 0.0710. The van der Waals surface area contributed by atoms with E-state index in [1.54, 1.807) is 24.1 Å². The molecule has 2 N–H and O–H groups in total. The first kappa shape index (κ1) is 19.2. The molecule has 1 saturated heterocycles. The lowest BCUT2D eigenvalue weighted by Crippen LogP contribution is -2.43. The Labute approximate surface area is 153 Å². The zero-order valence-electron chi connectivity index (χ0n) is 14.1. The summed E-state index contributed by atoms with van der Waals surface area (Å²) in [6.07, 6.45) is 1.52. The molecule has 0 aromatic heterocycles. The van der Waals surface area contributed by atoms with Crippen LogP contribution in [-0.2, 0) is 0 Å². The maximum Gasteiger partial charge on any atom is 0.256 e. The highest BCUT2D eigenvalue weighted by Gasteiger charge is 2.23. The van der Waals surface area contributed by atoms with Crippen molar-refractivity contribution in [3.05, 3.63) is 53.8 Å². The topological polar surface area (TPSA) is 55.6 Å². The van der Waals surface area contributed by atoms with E-state index in [0.29, 0.717) is 13.1 Å². The van der Waals surface area contributed by atoms with Gasteiger partial charge in [-0.15, -0.1) is 12.4 Å². The van der Waals surface area contributed by atoms with Crippen molar-refractivity contribution in [3.8, 4) is 16.9 Å². The first-order valence-corrected chi connectivity index (χ1v) is 8.07. The molecule has 134 valence electrons. The number of ether oxygens (including phenoxy) is 1. The number of piperidine rings is 1. The SMILES string of the molecule is COc1ccc(-c2ccc(C(=O)N3CCC(N)CC3)c(F)c2)cc1.Cl. The molecule has 3 rings (SSSR count). The Morgan fingerprint density at radius 1 is 1.12 bits per heavy atom. The largest absolute Gasteiger partial charge is 0.497 e. The van der Waals surface area contributed by atoms with E-state index in [1.807, 2.05) is 24.3 Å². The number of nitrogens with zero attached hydrogens (tertiary/aromatic N) is 1. The second kappa shape index (κ2) is 8.32. The minimum atomic E-state index is -0.497. The van der Waals surface area contributed by atoms with Gasteiger partial charge in [0.25, 0.3) is 5.91 Å².